The molecule has 1 rings (SSSR count). The predicted molar refractivity (Wildman–Crippen MR) is 74.7 cm³/mol. The van der Waals surface area contributed by atoms with Crippen molar-refractivity contribution in [3.63, 3.8) is 0 Å². The van der Waals surface area contributed by atoms with E-state index >= 15 is 0 Å². The minimum atomic E-state index is 0.109. The molecule has 3 nitrogen and oxygen atoms in total. The van der Waals surface area contributed by atoms with E-state index in [2.05, 4.69) is 25.7 Å². The van der Waals surface area contributed by atoms with E-state index in [9.17, 15) is 5.11 Å². The summed E-state index contributed by atoms with van der Waals surface area (Å²) in [5.41, 5.74) is 1.10. The van der Waals surface area contributed by atoms with Gasteiger partial charge in [0, 0.05) is 18.2 Å². The average molecular weight is 249 g/mol. The molecule has 0 spiro atoms. The van der Waals surface area contributed by atoms with E-state index in [4.69, 9.17) is 4.74 Å². The third-order valence-corrected chi connectivity index (χ3v) is 2.89. The van der Waals surface area contributed by atoms with Gasteiger partial charge in [0.15, 0.2) is 0 Å². The van der Waals surface area contributed by atoms with E-state index in [1.807, 2.05) is 24.3 Å². The molecule has 2 N–H and O–H groups in total. The summed E-state index contributed by atoms with van der Waals surface area (Å²) in [6, 6.07) is 8.02. The number of hydrogen-bond donors (Lipinski definition) is 2. The van der Waals surface area contributed by atoms with E-state index in [-0.39, 0.29) is 12.6 Å². The Morgan fingerprint density at radius 2 is 2.11 bits per heavy atom. The molecule has 0 radical (unpaired) electrons. The summed E-state index contributed by atoms with van der Waals surface area (Å²) in [6.07, 6.45) is 1.73. The Balaban J connectivity index is 2.62. The number of aliphatic hydroxyl groups is 1. The van der Waals surface area contributed by atoms with Gasteiger partial charge in [-0.25, -0.2) is 0 Å². The van der Waals surface area contributed by atoms with Gasteiger partial charge in [0.2, 0.25) is 0 Å². The first-order valence-corrected chi connectivity index (χ1v) is 6.34. The van der Waals surface area contributed by atoms with Gasteiger partial charge in [0.1, 0.15) is 12.4 Å². The normalized spacial score (nSPS) is 12.4. The summed E-state index contributed by atoms with van der Waals surface area (Å²) in [5, 5.41) is 12.6. The molecule has 0 unspecified atom stereocenters. The summed E-state index contributed by atoms with van der Waals surface area (Å²) >= 11 is 0. The molecule has 0 saturated carbocycles. The minimum absolute atomic E-state index is 0.109. The zero-order valence-corrected chi connectivity index (χ0v) is 11.2. The minimum Gasteiger partial charge on any atom is -0.489 e. The SMILES string of the molecule is C=CCOc1ccccc1CN[C@H](CO)C(C)C. The van der Waals surface area contributed by atoms with Gasteiger partial charge in [-0.3, -0.25) is 0 Å². The van der Waals surface area contributed by atoms with Crippen molar-refractivity contribution < 1.29 is 9.84 Å². The van der Waals surface area contributed by atoms with Crippen LogP contribution in [0.15, 0.2) is 36.9 Å². The summed E-state index contributed by atoms with van der Waals surface area (Å²) in [6.45, 7) is 9.17. The van der Waals surface area contributed by atoms with Gasteiger partial charge in [0.25, 0.3) is 0 Å². The maximum atomic E-state index is 9.28. The molecule has 0 aliphatic heterocycles. The van der Waals surface area contributed by atoms with Crippen molar-refractivity contribution in [2.45, 2.75) is 26.4 Å². The highest BCUT2D eigenvalue weighted by Gasteiger charge is 2.12. The van der Waals surface area contributed by atoms with Crippen LogP contribution in [0.25, 0.3) is 0 Å². The van der Waals surface area contributed by atoms with Gasteiger partial charge in [-0.1, -0.05) is 44.7 Å². The number of ether oxygens (including phenoxy) is 1. The van der Waals surface area contributed by atoms with Crippen LogP contribution < -0.4 is 10.1 Å². The van der Waals surface area contributed by atoms with Crippen LogP contribution in [0.5, 0.6) is 5.75 Å². The largest absolute Gasteiger partial charge is 0.489 e. The molecule has 100 valence electrons. The van der Waals surface area contributed by atoms with Crippen molar-refractivity contribution >= 4 is 0 Å². The lowest BCUT2D eigenvalue weighted by Crippen LogP contribution is -2.36. The van der Waals surface area contributed by atoms with Crippen LogP contribution >= 0.6 is 0 Å². The topological polar surface area (TPSA) is 41.5 Å². The van der Waals surface area contributed by atoms with Crippen LogP contribution in [0, 0.1) is 5.92 Å². The van der Waals surface area contributed by atoms with Gasteiger partial charge in [0.05, 0.1) is 6.61 Å². The molecule has 0 amide bonds. The molecule has 3 heteroatoms. The molecule has 1 aromatic carbocycles. The maximum absolute atomic E-state index is 9.28. The first kappa shape index (κ1) is 14.7. The second-order valence-electron chi connectivity index (χ2n) is 4.62. The Morgan fingerprint density at radius 3 is 2.72 bits per heavy atom. The first-order chi connectivity index (χ1) is 8.69. The molecular formula is C15H23NO2. The van der Waals surface area contributed by atoms with Crippen LogP contribution in [-0.2, 0) is 6.54 Å². The number of aliphatic hydroxyl groups excluding tert-OH is 1. The zero-order chi connectivity index (χ0) is 13.4. The molecule has 1 aromatic rings. The molecule has 0 aromatic heterocycles. The van der Waals surface area contributed by atoms with E-state index < -0.39 is 0 Å². The Hall–Kier alpha value is -1.32. The molecule has 1 atom stereocenters. The van der Waals surface area contributed by atoms with E-state index in [1.165, 1.54) is 0 Å². The van der Waals surface area contributed by atoms with Crippen molar-refractivity contribution in [2.24, 2.45) is 5.92 Å². The highest BCUT2D eigenvalue weighted by atomic mass is 16.5. The van der Waals surface area contributed by atoms with Gasteiger partial charge >= 0.3 is 0 Å². The van der Waals surface area contributed by atoms with Crippen molar-refractivity contribution in [3.05, 3.63) is 42.5 Å². The highest BCUT2D eigenvalue weighted by Crippen LogP contribution is 2.18. The summed E-state index contributed by atoms with van der Waals surface area (Å²) < 4.78 is 5.59. The molecule has 18 heavy (non-hydrogen) atoms. The van der Waals surface area contributed by atoms with Crippen LogP contribution in [0.3, 0.4) is 0 Å². The quantitative estimate of drug-likeness (QED) is 0.695. The smallest absolute Gasteiger partial charge is 0.124 e. The van der Waals surface area contributed by atoms with Gasteiger partial charge < -0.3 is 15.2 Å². The Bertz CT molecular complexity index is 363. The number of benzene rings is 1. The molecule has 0 bridgehead atoms. The van der Waals surface area contributed by atoms with Crippen LogP contribution in [0.1, 0.15) is 19.4 Å². The first-order valence-electron chi connectivity index (χ1n) is 6.34. The summed E-state index contributed by atoms with van der Waals surface area (Å²) in [4.78, 5) is 0. The number of hydrogen-bond acceptors (Lipinski definition) is 3. The van der Waals surface area contributed by atoms with Crippen LogP contribution in [0.4, 0.5) is 0 Å². The lowest BCUT2D eigenvalue weighted by atomic mass is 10.0. The average Bonchev–Trinajstić information content (AvgIpc) is 2.38. The van der Waals surface area contributed by atoms with Crippen molar-refractivity contribution in [3.8, 4) is 5.75 Å². The number of nitrogens with one attached hydrogen (secondary N) is 1. The molecule has 0 heterocycles. The third-order valence-electron chi connectivity index (χ3n) is 2.89. The molecule has 0 fully saturated rings. The Labute approximate surface area is 109 Å². The fourth-order valence-corrected chi connectivity index (χ4v) is 1.69. The number of rotatable bonds is 8. The van der Waals surface area contributed by atoms with Crippen molar-refractivity contribution in [1.29, 1.82) is 0 Å². The second-order valence-corrected chi connectivity index (χ2v) is 4.62. The van der Waals surface area contributed by atoms with Gasteiger partial charge in [-0.2, -0.15) is 0 Å². The summed E-state index contributed by atoms with van der Waals surface area (Å²) in [5.74, 6) is 1.27. The van der Waals surface area contributed by atoms with E-state index in [0.29, 0.717) is 19.1 Å². The second kappa shape index (κ2) is 7.90. The van der Waals surface area contributed by atoms with Gasteiger partial charge in [-0.15, -0.1) is 0 Å². The lowest BCUT2D eigenvalue weighted by molar-refractivity contribution is 0.209. The van der Waals surface area contributed by atoms with E-state index in [0.717, 1.165) is 11.3 Å². The summed E-state index contributed by atoms with van der Waals surface area (Å²) in [7, 11) is 0. The molecular weight excluding hydrogens is 226 g/mol. The van der Waals surface area contributed by atoms with E-state index in [1.54, 1.807) is 6.08 Å². The van der Waals surface area contributed by atoms with Crippen molar-refractivity contribution in [2.75, 3.05) is 13.2 Å². The maximum Gasteiger partial charge on any atom is 0.124 e. The molecule has 0 aliphatic rings. The third kappa shape index (κ3) is 4.51. The standard InChI is InChI=1S/C15H23NO2/c1-4-9-18-15-8-6-5-7-13(15)10-16-14(11-17)12(2)3/h4-8,12,14,16-17H,1,9-11H2,2-3H3/t14-/m1/s1. The Kier molecular flexibility index (Phi) is 6.47. The predicted octanol–water partition coefficient (Wildman–Crippen LogP) is 2.36. The fraction of sp³-hybridized carbons (Fsp3) is 0.467. The monoisotopic (exact) mass is 249 g/mol. The van der Waals surface area contributed by atoms with Crippen molar-refractivity contribution in [1.82, 2.24) is 5.32 Å². The highest BCUT2D eigenvalue weighted by molar-refractivity contribution is 5.33. The lowest BCUT2D eigenvalue weighted by Gasteiger charge is -2.20. The number of para-hydroxylation sites is 1. The zero-order valence-electron chi connectivity index (χ0n) is 11.2. The van der Waals surface area contributed by atoms with Gasteiger partial charge in [-0.05, 0) is 12.0 Å². The van der Waals surface area contributed by atoms with Crippen LogP contribution in [0.2, 0.25) is 0 Å². The fourth-order valence-electron chi connectivity index (χ4n) is 1.69. The molecule has 0 aliphatic carbocycles. The van der Waals surface area contributed by atoms with Crippen LogP contribution in [-0.4, -0.2) is 24.4 Å². The molecule has 0 saturated heterocycles. The Morgan fingerprint density at radius 1 is 1.39 bits per heavy atom.